The van der Waals surface area contributed by atoms with Crippen molar-refractivity contribution in [3.05, 3.63) is 153 Å². The Hall–Kier alpha value is -3.46. The molecule has 0 bridgehead atoms. The Balaban J connectivity index is 1.68. The molecule has 0 atom stereocenters. The Kier molecular flexibility index (Phi) is 4.54. The molecule has 0 aliphatic heterocycles. The molecule has 0 nitrogen and oxygen atoms in total. The summed E-state index contributed by atoms with van der Waals surface area (Å²) in [5.41, 5.74) is 12.6. The van der Waals surface area contributed by atoms with Crippen molar-refractivity contribution in [1.82, 2.24) is 0 Å². The minimum atomic E-state index is -0.465. The van der Waals surface area contributed by atoms with Crippen LogP contribution in [0, 0.1) is 0 Å². The number of benzene rings is 6. The number of fused-ring (bicyclic) bond motifs is 14. The highest BCUT2D eigenvalue weighted by molar-refractivity contribution is 9.10. The topological polar surface area (TPSA) is 0 Å². The maximum absolute atomic E-state index is 3.85. The maximum atomic E-state index is 3.85. The molecule has 0 fully saturated rings. The van der Waals surface area contributed by atoms with Crippen molar-refractivity contribution in [1.29, 1.82) is 0 Å². The summed E-state index contributed by atoms with van der Waals surface area (Å²) in [6.45, 7) is 0. The summed E-state index contributed by atoms with van der Waals surface area (Å²) in [5, 5.41) is 2.58. The van der Waals surface area contributed by atoms with Gasteiger partial charge in [-0.2, -0.15) is 0 Å². The van der Waals surface area contributed by atoms with Crippen molar-refractivity contribution in [2.45, 2.75) is 5.41 Å². The van der Waals surface area contributed by atoms with Crippen LogP contribution < -0.4 is 0 Å². The van der Waals surface area contributed by atoms with E-state index in [1.807, 2.05) is 0 Å². The van der Waals surface area contributed by atoms with E-state index in [4.69, 9.17) is 0 Å². The van der Waals surface area contributed by atoms with Gasteiger partial charge in [0, 0.05) is 8.95 Å². The summed E-state index contributed by atoms with van der Waals surface area (Å²) < 4.78 is 2.18. The summed E-state index contributed by atoms with van der Waals surface area (Å²) in [6.07, 6.45) is 0. The van der Waals surface area contributed by atoms with Gasteiger partial charge in [-0.25, -0.2) is 0 Å². The van der Waals surface area contributed by atoms with Crippen LogP contribution in [-0.4, -0.2) is 0 Å². The van der Waals surface area contributed by atoms with E-state index in [-0.39, 0.29) is 0 Å². The molecule has 1 spiro atoms. The summed E-state index contributed by atoms with van der Waals surface area (Å²) in [6, 6.07) is 45.0. The van der Waals surface area contributed by atoms with Crippen molar-refractivity contribution in [3.63, 3.8) is 0 Å². The van der Waals surface area contributed by atoms with Gasteiger partial charge in [0.15, 0.2) is 0 Å². The molecule has 6 aromatic carbocycles. The van der Waals surface area contributed by atoms with Gasteiger partial charge in [-0.1, -0.05) is 129 Å². The Morgan fingerprint density at radius 2 is 0.973 bits per heavy atom. The molecule has 2 heteroatoms. The van der Waals surface area contributed by atoms with Crippen molar-refractivity contribution >= 4 is 42.6 Å². The zero-order valence-corrected chi connectivity index (χ0v) is 23.0. The zero-order valence-electron chi connectivity index (χ0n) is 19.8. The smallest absolute Gasteiger partial charge is 0.0619 e. The molecule has 0 heterocycles. The van der Waals surface area contributed by atoms with Gasteiger partial charge in [0.2, 0.25) is 0 Å². The monoisotopic (exact) mass is 598 g/mol. The number of hydrogen-bond acceptors (Lipinski definition) is 0. The minimum absolute atomic E-state index is 0.465. The molecule has 2 aliphatic rings. The first-order valence-electron chi connectivity index (χ1n) is 12.5. The molecule has 0 saturated carbocycles. The normalized spacial score (nSPS) is 13.9. The van der Waals surface area contributed by atoms with Crippen LogP contribution in [-0.2, 0) is 5.41 Å². The van der Waals surface area contributed by atoms with Crippen LogP contribution in [0.5, 0.6) is 0 Å². The Morgan fingerprint density at radius 3 is 1.65 bits per heavy atom. The van der Waals surface area contributed by atoms with Crippen LogP contribution in [0.4, 0.5) is 0 Å². The second-order valence-corrected chi connectivity index (χ2v) is 11.8. The highest BCUT2D eigenvalue weighted by Gasteiger charge is 2.50. The Bertz CT molecular complexity index is 1840. The van der Waals surface area contributed by atoms with E-state index >= 15 is 0 Å². The first-order chi connectivity index (χ1) is 18.2. The fraction of sp³-hybridized carbons (Fsp3) is 0.0286. The lowest BCUT2D eigenvalue weighted by Gasteiger charge is -2.35. The fourth-order valence-corrected chi connectivity index (χ4v) is 7.57. The number of halogens is 2. The van der Waals surface area contributed by atoms with Crippen LogP contribution in [0.15, 0.2) is 130 Å². The molecule has 2 aliphatic carbocycles. The summed E-state index contributed by atoms with van der Waals surface area (Å²) in [4.78, 5) is 0. The SMILES string of the molecule is Brc1ccc2c(c1)C1(c3cc(Br)ccc3-c3ccccc3-2)c2ccccc2-c2c1ccc1ccccc21. The Morgan fingerprint density at radius 1 is 0.405 bits per heavy atom. The average molecular weight is 600 g/mol. The molecule has 0 amide bonds. The van der Waals surface area contributed by atoms with Gasteiger partial charge < -0.3 is 0 Å². The van der Waals surface area contributed by atoms with Crippen LogP contribution in [0.25, 0.3) is 44.2 Å². The number of hydrogen-bond donors (Lipinski definition) is 0. The van der Waals surface area contributed by atoms with Crippen LogP contribution in [0.1, 0.15) is 22.3 Å². The van der Waals surface area contributed by atoms with Gasteiger partial charge in [-0.15, -0.1) is 0 Å². The van der Waals surface area contributed by atoms with Crippen molar-refractivity contribution in [2.75, 3.05) is 0 Å². The van der Waals surface area contributed by atoms with Gasteiger partial charge in [0.25, 0.3) is 0 Å². The second kappa shape index (κ2) is 7.77. The van der Waals surface area contributed by atoms with E-state index in [9.17, 15) is 0 Å². The first-order valence-corrected chi connectivity index (χ1v) is 14.1. The lowest BCUT2D eigenvalue weighted by molar-refractivity contribution is 0.774. The van der Waals surface area contributed by atoms with E-state index in [0.29, 0.717) is 0 Å². The molecule has 6 aromatic rings. The maximum Gasteiger partial charge on any atom is 0.0726 e. The fourth-order valence-electron chi connectivity index (χ4n) is 6.85. The Labute approximate surface area is 232 Å². The van der Waals surface area contributed by atoms with Gasteiger partial charge in [0.05, 0.1) is 5.41 Å². The van der Waals surface area contributed by atoms with E-state index < -0.39 is 5.41 Å². The van der Waals surface area contributed by atoms with E-state index in [0.717, 1.165) is 8.95 Å². The standard InChI is InChI=1S/C35H20Br2/c36-22-14-16-27-25-9-3-4-10-26(25)28-17-15-23(37)20-33(28)35(32(27)19-22)30-12-6-5-11-29(30)34-24-8-2-1-7-21(24)13-18-31(34)35/h1-20H. The molecule has 0 unspecified atom stereocenters. The predicted molar refractivity (Wildman–Crippen MR) is 161 cm³/mol. The molecule has 0 radical (unpaired) electrons. The molecular weight excluding hydrogens is 580 g/mol. The lowest BCUT2D eigenvalue weighted by atomic mass is 9.66. The van der Waals surface area contributed by atoms with E-state index in [1.165, 1.54) is 66.4 Å². The average Bonchev–Trinajstić information content (AvgIpc) is 3.19. The largest absolute Gasteiger partial charge is 0.0726 e. The lowest BCUT2D eigenvalue weighted by Crippen LogP contribution is -2.29. The van der Waals surface area contributed by atoms with E-state index in [2.05, 4.69) is 153 Å². The molecule has 0 N–H and O–H groups in total. The number of rotatable bonds is 0. The first kappa shape index (κ1) is 21.6. The minimum Gasteiger partial charge on any atom is -0.0619 e. The van der Waals surface area contributed by atoms with Gasteiger partial charge in [0.1, 0.15) is 0 Å². The molecule has 0 saturated heterocycles. The van der Waals surface area contributed by atoms with Crippen molar-refractivity contribution < 1.29 is 0 Å². The second-order valence-electron chi connectivity index (χ2n) is 9.93. The molecule has 8 rings (SSSR count). The summed E-state index contributed by atoms with van der Waals surface area (Å²) in [7, 11) is 0. The molecule has 37 heavy (non-hydrogen) atoms. The van der Waals surface area contributed by atoms with Crippen LogP contribution in [0.3, 0.4) is 0 Å². The van der Waals surface area contributed by atoms with E-state index in [1.54, 1.807) is 0 Å². The summed E-state index contributed by atoms with van der Waals surface area (Å²) in [5.74, 6) is 0. The highest BCUT2D eigenvalue weighted by Crippen LogP contribution is 2.62. The molecule has 174 valence electrons. The van der Waals surface area contributed by atoms with Gasteiger partial charge in [-0.05, 0) is 90.7 Å². The van der Waals surface area contributed by atoms with Gasteiger partial charge >= 0.3 is 0 Å². The molecular formula is C35H20Br2. The predicted octanol–water partition coefficient (Wildman–Crippen LogP) is 10.4. The van der Waals surface area contributed by atoms with Crippen molar-refractivity contribution in [3.8, 4) is 33.4 Å². The highest BCUT2D eigenvalue weighted by atomic mass is 79.9. The third kappa shape index (κ3) is 2.78. The third-order valence-electron chi connectivity index (χ3n) is 8.21. The van der Waals surface area contributed by atoms with Gasteiger partial charge in [-0.3, -0.25) is 0 Å². The molecule has 0 aromatic heterocycles. The quantitative estimate of drug-likeness (QED) is 0.163. The zero-order chi connectivity index (χ0) is 24.7. The van der Waals surface area contributed by atoms with Crippen LogP contribution in [0.2, 0.25) is 0 Å². The summed E-state index contributed by atoms with van der Waals surface area (Å²) >= 11 is 7.70. The van der Waals surface area contributed by atoms with Crippen LogP contribution >= 0.6 is 31.9 Å². The van der Waals surface area contributed by atoms with Crippen molar-refractivity contribution in [2.24, 2.45) is 0 Å². The third-order valence-corrected chi connectivity index (χ3v) is 9.20.